The molecule has 0 aliphatic carbocycles. The lowest BCUT2D eigenvalue weighted by Crippen LogP contribution is -2.62. The maximum absolute atomic E-state index is 13.7. The van der Waals surface area contributed by atoms with Crippen molar-refractivity contribution in [3.63, 3.8) is 0 Å². The van der Waals surface area contributed by atoms with Crippen LogP contribution >= 0.6 is 0 Å². The summed E-state index contributed by atoms with van der Waals surface area (Å²) in [6.07, 6.45) is 36.3. The molecule has 50 heavy (non-hydrogen) atoms. The van der Waals surface area contributed by atoms with Crippen molar-refractivity contribution in [2.24, 2.45) is 0 Å². The van der Waals surface area contributed by atoms with Crippen LogP contribution in [0.5, 0.6) is 0 Å². The zero-order valence-electron chi connectivity index (χ0n) is 32.2. The normalized spacial score (nSPS) is 18.3. The van der Waals surface area contributed by atoms with Crippen molar-refractivity contribution in [1.29, 1.82) is 0 Å². The lowest BCUT2D eigenvalue weighted by atomic mass is 9.81. The number of Topliss-reactive ketones (excluding diaryl/α,β-unsaturated/α-hetero) is 2. The molecule has 1 aliphatic rings. The average Bonchev–Trinajstić information content (AvgIpc) is 3.11. The first-order valence-corrected chi connectivity index (χ1v) is 20.8. The number of aliphatic hydroxyl groups is 1. The number of aliphatic hydroxyl groups excluding tert-OH is 1. The third-order valence-corrected chi connectivity index (χ3v) is 9.86. The number of hydrogen-bond donors (Lipinski definition) is 1. The van der Waals surface area contributed by atoms with E-state index in [1.807, 2.05) is 0 Å². The summed E-state index contributed by atoms with van der Waals surface area (Å²) in [7, 11) is 0. The molecule has 1 saturated heterocycles. The van der Waals surface area contributed by atoms with Crippen LogP contribution in [0.1, 0.15) is 206 Å². The van der Waals surface area contributed by atoms with Gasteiger partial charge in [0.15, 0.2) is 17.7 Å². The number of ether oxygens (including phenoxy) is 2. The van der Waals surface area contributed by atoms with Gasteiger partial charge in [-0.25, -0.2) is 0 Å². The van der Waals surface area contributed by atoms with E-state index in [4.69, 9.17) is 9.47 Å². The Bertz CT molecular complexity index is 901. The van der Waals surface area contributed by atoms with Crippen molar-refractivity contribution in [3.8, 4) is 0 Å². The van der Waals surface area contributed by atoms with Crippen LogP contribution in [0.25, 0.3) is 0 Å². The molecule has 0 bridgehead atoms. The molecule has 0 spiro atoms. The summed E-state index contributed by atoms with van der Waals surface area (Å²) < 4.78 is 11.0. The number of allylic oxidation sites excluding steroid dienone is 4. The molecular weight excluding hydrogens is 628 g/mol. The van der Waals surface area contributed by atoms with E-state index in [1.54, 1.807) is 0 Å². The third kappa shape index (κ3) is 21.2. The number of unbranched alkanes of at least 4 members (excludes halogenated alkanes) is 22. The van der Waals surface area contributed by atoms with Crippen LogP contribution in [0.3, 0.4) is 0 Å². The van der Waals surface area contributed by atoms with Gasteiger partial charge in [0.05, 0.1) is 19.4 Å². The van der Waals surface area contributed by atoms with Gasteiger partial charge in [-0.05, 0) is 64.2 Å². The number of ketones is 2. The van der Waals surface area contributed by atoms with E-state index in [0.29, 0.717) is 12.8 Å². The Labute approximate surface area is 305 Å². The number of cyclic esters (lactones) is 2. The minimum Gasteiger partial charge on any atom is -0.455 e. The standard InChI is InChI=1S/C43H74O7/c1-3-5-7-9-11-13-15-17-19-21-23-25-27-29-31-33-38(45)43(40(37-44)49-41(47)35-36-42(48)50-43)39(46)34-32-30-28-26-24-22-20-18-16-14-12-10-8-6-4-2/h17-20,40,44H,3-16,21-37H2,1-2H3. The molecule has 7 heteroatoms. The number of esters is 2. The monoisotopic (exact) mass is 703 g/mol. The van der Waals surface area contributed by atoms with Crippen LogP contribution in [0.15, 0.2) is 24.3 Å². The van der Waals surface area contributed by atoms with Gasteiger partial charge in [0, 0.05) is 12.8 Å². The number of rotatable bonds is 33. The molecule has 288 valence electrons. The highest BCUT2D eigenvalue weighted by Crippen LogP contribution is 2.30. The summed E-state index contributed by atoms with van der Waals surface area (Å²) in [5, 5.41) is 10.2. The first kappa shape index (κ1) is 45.7. The Balaban J connectivity index is 2.48. The van der Waals surface area contributed by atoms with E-state index in [-0.39, 0.29) is 25.7 Å². The van der Waals surface area contributed by atoms with Gasteiger partial charge >= 0.3 is 11.9 Å². The summed E-state index contributed by atoms with van der Waals surface area (Å²) in [6.45, 7) is 3.72. The summed E-state index contributed by atoms with van der Waals surface area (Å²) in [6, 6.07) is 0. The summed E-state index contributed by atoms with van der Waals surface area (Å²) >= 11 is 0. The molecule has 0 amide bonds. The molecule has 0 radical (unpaired) electrons. The molecule has 0 aromatic heterocycles. The van der Waals surface area contributed by atoms with Crippen LogP contribution < -0.4 is 0 Å². The summed E-state index contributed by atoms with van der Waals surface area (Å²) in [4.78, 5) is 52.4. The molecule has 0 aromatic rings. The molecule has 0 saturated carbocycles. The fourth-order valence-electron chi connectivity index (χ4n) is 6.68. The zero-order chi connectivity index (χ0) is 36.5. The SMILES string of the molecule is CCCCCCCCC=CCCCCCCCC(=O)C1(C(=O)CCCCCCCC=CCCCCCCCC)OC(=O)CCC(=O)OC1CO. The lowest BCUT2D eigenvalue weighted by molar-refractivity contribution is -0.201. The maximum atomic E-state index is 13.7. The van der Waals surface area contributed by atoms with Crippen LogP contribution in [0.4, 0.5) is 0 Å². The summed E-state index contributed by atoms with van der Waals surface area (Å²) in [5.74, 6) is -2.64. The van der Waals surface area contributed by atoms with Crippen LogP contribution in [-0.2, 0) is 28.7 Å². The second-order valence-corrected chi connectivity index (χ2v) is 14.4. The van der Waals surface area contributed by atoms with E-state index in [1.165, 1.54) is 77.0 Å². The fourth-order valence-corrected chi connectivity index (χ4v) is 6.68. The Morgan fingerprint density at radius 1 is 0.560 bits per heavy atom. The molecule has 1 heterocycles. The van der Waals surface area contributed by atoms with Gasteiger partial charge < -0.3 is 14.6 Å². The second-order valence-electron chi connectivity index (χ2n) is 14.4. The lowest BCUT2D eigenvalue weighted by Gasteiger charge is -2.37. The van der Waals surface area contributed by atoms with Crippen molar-refractivity contribution < 1.29 is 33.8 Å². The molecule has 1 fully saturated rings. The highest BCUT2D eigenvalue weighted by atomic mass is 16.6. The molecule has 1 unspecified atom stereocenters. The number of hydrogen-bond acceptors (Lipinski definition) is 7. The van der Waals surface area contributed by atoms with Gasteiger partial charge in [-0.2, -0.15) is 0 Å². The van der Waals surface area contributed by atoms with Crippen molar-refractivity contribution >= 4 is 23.5 Å². The van der Waals surface area contributed by atoms with E-state index >= 15 is 0 Å². The molecule has 0 aromatic carbocycles. The highest BCUT2D eigenvalue weighted by molar-refractivity contribution is 6.12. The van der Waals surface area contributed by atoms with Gasteiger partial charge in [-0.15, -0.1) is 0 Å². The Morgan fingerprint density at radius 3 is 1.28 bits per heavy atom. The van der Waals surface area contributed by atoms with E-state index in [0.717, 1.165) is 77.0 Å². The largest absolute Gasteiger partial charge is 0.455 e. The molecule has 1 aliphatic heterocycles. The molecule has 1 N–H and O–H groups in total. The molecule has 7 nitrogen and oxygen atoms in total. The zero-order valence-corrected chi connectivity index (χ0v) is 32.2. The molecule has 1 atom stereocenters. The quantitative estimate of drug-likeness (QED) is 0.0314. The van der Waals surface area contributed by atoms with Crippen molar-refractivity contribution in [1.82, 2.24) is 0 Å². The maximum Gasteiger partial charge on any atom is 0.307 e. The van der Waals surface area contributed by atoms with Gasteiger partial charge in [0.25, 0.3) is 5.60 Å². The second kappa shape index (κ2) is 31.5. The van der Waals surface area contributed by atoms with E-state index < -0.39 is 41.8 Å². The van der Waals surface area contributed by atoms with Crippen molar-refractivity contribution in [3.05, 3.63) is 24.3 Å². The topological polar surface area (TPSA) is 107 Å². The Kier molecular flexibility index (Phi) is 28.8. The first-order valence-electron chi connectivity index (χ1n) is 20.8. The summed E-state index contributed by atoms with van der Waals surface area (Å²) in [5.41, 5.74) is -2.27. The van der Waals surface area contributed by atoms with Gasteiger partial charge in [-0.1, -0.05) is 141 Å². The van der Waals surface area contributed by atoms with Crippen LogP contribution in [-0.4, -0.2) is 46.9 Å². The smallest absolute Gasteiger partial charge is 0.307 e. The van der Waals surface area contributed by atoms with E-state index in [9.17, 15) is 24.3 Å². The molecule has 1 rings (SSSR count). The third-order valence-electron chi connectivity index (χ3n) is 9.86. The number of carbonyl (C=O) groups excluding carboxylic acids is 4. The minimum absolute atomic E-state index is 0.0254. The van der Waals surface area contributed by atoms with Gasteiger partial charge in [-0.3, -0.25) is 19.2 Å². The predicted molar refractivity (Wildman–Crippen MR) is 204 cm³/mol. The fraction of sp³-hybridized carbons (Fsp3) is 0.814. The van der Waals surface area contributed by atoms with Crippen LogP contribution in [0.2, 0.25) is 0 Å². The van der Waals surface area contributed by atoms with Crippen molar-refractivity contribution in [2.75, 3.05) is 6.61 Å². The Hall–Kier alpha value is -2.28. The average molecular weight is 703 g/mol. The highest BCUT2D eigenvalue weighted by Gasteiger charge is 2.56. The van der Waals surface area contributed by atoms with Crippen LogP contribution in [0, 0.1) is 0 Å². The minimum atomic E-state index is -2.27. The molecular formula is C43H74O7. The number of carbonyl (C=O) groups is 4. The first-order chi connectivity index (χ1) is 24.4. The van der Waals surface area contributed by atoms with E-state index in [2.05, 4.69) is 38.2 Å². The Morgan fingerprint density at radius 2 is 0.900 bits per heavy atom. The van der Waals surface area contributed by atoms with Gasteiger partial charge in [0.1, 0.15) is 0 Å². The predicted octanol–water partition coefficient (Wildman–Crippen LogP) is 11.2. The van der Waals surface area contributed by atoms with Crippen molar-refractivity contribution in [2.45, 2.75) is 218 Å². The van der Waals surface area contributed by atoms with Gasteiger partial charge in [0.2, 0.25) is 0 Å².